The largest absolute Gasteiger partial charge is 0.361 e. The van der Waals surface area contributed by atoms with Crippen molar-refractivity contribution in [2.75, 3.05) is 20.1 Å². The summed E-state index contributed by atoms with van der Waals surface area (Å²) in [5.41, 5.74) is 2.25. The molecule has 0 saturated carbocycles. The number of likely N-dealkylation sites (tertiary alicyclic amines) is 1. The van der Waals surface area contributed by atoms with E-state index in [9.17, 15) is 0 Å². The molecule has 0 aliphatic carbocycles. The van der Waals surface area contributed by atoms with Crippen molar-refractivity contribution in [2.24, 2.45) is 0 Å². The molecule has 1 fully saturated rings. The van der Waals surface area contributed by atoms with Crippen molar-refractivity contribution < 1.29 is 4.52 Å². The van der Waals surface area contributed by atoms with E-state index in [-0.39, 0.29) is 0 Å². The number of aromatic nitrogens is 4. The second-order valence-electron chi connectivity index (χ2n) is 6.80. The van der Waals surface area contributed by atoms with Gasteiger partial charge >= 0.3 is 0 Å². The van der Waals surface area contributed by atoms with Gasteiger partial charge in [-0.05, 0) is 41.2 Å². The van der Waals surface area contributed by atoms with Gasteiger partial charge in [0.05, 0.1) is 12.2 Å². The van der Waals surface area contributed by atoms with E-state index in [1.807, 2.05) is 20.8 Å². The molecule has 0 amide bonds. The van der Waals surface area contributed by atoms with Crippen LogP contribution in [-0.4, -0.2) is 55.9 Å². The zero-order valence-corrected chi connectivity index (χ0v) is 15.4. The number of rotatable bonds is 6. The number of hydrogen-bond acceptors (Lipinski definition) is 6. The highest BCUT2D eigenvalue weighted by molar-refractivity contribution is 5.20. The lowest BCUT2D eigenvalue weighted by Crippen LogP contribution is -2.35. The second-order valence-corrected chi connectivity index (χ2v) is 6.80. The van der Waals surface area contributed by atoms with Gasteiger partial charge in [-0.2, -0.15) is 0 Å². The highest BCUT2D eigenvalue weighted by Crippen LogP contribution is 2.21. The molecule has 7 heteroatoms. The Hall–Kier alpha value is -1.73. The maximum Gasteiger partial charge on any atom is 0.147 e. The Kier molecular flexibility index (Phi) is 5.01. The van der Waals surface area contributed by atoms with Crippen molar-refractivity contribution in [1.82, 2.24) is 29.7 Å². The standard InChI is InChI=1S/C17H28N6O/c1-6-23-14(4)18-19-17(23)11-21(5)15-7-8-22(9-15)10-16-12(2)20-24-13(16)3/h15H,6-11H2,1-5H3/t15-/m1/s1. The first-order valence-electron chi connectivity index (χ1n) is 8.72. The molecule has 3 rings (SSSR count). The maximum absolute atomic E-state index is 5.28. The molecule has 2 aromatic heterocycles. The fourth-order valence-corrected chi connectivity index (χ4v) is 3.57. The summed E-state index contributed by atoms with van der Waals surface area (Å²) in [6.07, 6.45) is 1.18. The predicted molar refractivity (Wildman–Crippen MR) is 91.6 cm³/mol. The zero-order chi connectivity index (χ0) is 17.3. The van der Waals surface area contributed by atoms with Crippen LogP contribution in [-0.2, 0) is 19.6 Å². The van der Waals surface area contributed by atoms with Crippen LogP contribution in [0.5, 0.6) is 0 Å². The van der Waals surface area contributed by atoms with Gasteiger partial charge in [0.1, 0.15) is 17.4 Å². The third-order valence-electron chi connectivity index (χ3n) is 5.15. The van der Waals surface area contributed by atoms with E-state index in [1.165, 1.54) is 12.0 Å². The smallest absolute Gasteiger partial charge is 0.147 e. The molecular weight excluding hydrogens is 304 g/mol. The van der Waals surface area contributed by atoms with E-state index in [0.29, 0.717) is 6.04 Å². The summed E-state index contributed by atoms with van der Waals surface area (Å²) in [4.78, 5) is 4.90. The van der Waals surface area contributed by atoms with Gasteiger partial charge in [-0.3, -0.25) is 9.80 Å². The number of likely N-dealkylation sites (N-methyl/N-ethyl adjacent to an activating group) is 1. The monoisotopic (exact) mass is 332 g/mol. The van der Waals surface area contributed by atoms with Crippen molar-refractivity contribution in [2.45, 2.75) is 59.8 Å². The third-order valence-corrected chi connectivity index (χ3v) is 5.15. The van der Waals surface area contributed by atoms with Crippen LogP contribution in [0.1, 0.15) is 42.0 Å². The van der Waals surface area contributed by atoms with Crippen LogP contribution in [0.4, 0.5) is 0 Å². The molecule has 0 unspecified atom stereocenters. The molecule has 0 N–H and O–H groups in total. The van der Waals surface area contributed by atoms with Crippen molar-refractivity contribution in [1.29, 1.82) is 0 Å². The lowest BCUT2D eigenvalue weighted by atomic mass is 10.2. The van der Waals surface area contributed by atoms with E-state index in [0.717, 1.165) is 55.8 Å². The van der Waals surface area contributed by atoms with Crippen molar-refractivity contribution in [3.8, 4) is 0 Å². The Morgan fingerprint density at radius 1 is 1.25 bits per heavy atom. The molecule has 3 heterocycles. The highest BCUT2D eigenvalue weighted by Gasteiger charge is 2.27. The minimum atomic E-state index is 0.549. The average Bonchev–Trinajstić information content (AvgIpc) is 3.24. The second kappa shape index (κ2) is 7.03. The van der Waals surface area contributed by atoms with E-state index in [4.69, 9.17) is 4.52 Å². The topological polar surface area (TPSA) is 63.2 Å². The van der Waals surface area contributed by atoms with Crippen LogP contribution < -0.4 is 0 Å². The molecule has 24 heavy (non-hydrogen) atoms. The molecule has 1 saturated heterocycles. The first-order chi connectivity index (χ1) is 11.5. The van der Waals surface area contributed by atoms with Gasteiger partial charge in [0.15, 0.2) is 0 Å². The van der Waals surface area contributed by atoms with Crippen LogP contribution in [0.15, 0.2) is 4.52 Å². The fourth-order valence-electron chi connectivity index (χ4n) is 3.57. The molecule has 0 aromatic carbocycles. The third kappa shape index (κ3) is 3.37. The van der Waals surface area contributed by atoms with Crippen LogP contribution in [0.2, 0.25) is 0 Å². The molecule has 2 aromatic rings. The molecule has 1 aliphatic rings. The van der Waals surface area contributed by atoms with Gasteiger partial charge in [0.25, 0.3) is 0 Å². The number of nitrogens with zero attached hydrogens (tertiary/aromatic N) is 6. The summed E-state index contributed by atoms with van der Waals surface area (Å²) < 4.78 is 7.47. The minimum Gasteiger partial charge on any atom is -0.361 e. The quantitative estimate of drug-likeness (QED) is 0.805. The number of aryl methyl sites for hydroxylation is 3. The summed E-state index contributed by atoms with van der Waals surface area (Å²) in [6, 6.07) is 0.549. The Balaban J connectivity index is 1.59. The lowest BCUT2D eigenvalue weighted by Gasteiger charge is -2.24. The Labute approximate surface area is 143 Å². The van der Waals surface area contributed by atoms with E-state index in [1.54, 1.807) is 0 Å². The Bertz CT molecular complexity index is 672. The minimum absolute atomic E-state index is 0.549. The zero-order valence-electron chi connectivity index (χ0n) is 15.4. The SMILES string of the molecule is CCn1c(C)nnc1CN(C)[C@@H]1CCN(Cc2c(C)noc2C)C1. The van der Waals surface area contributed by atoms with Crippen LogP contribution in [0.25, 0.3) is 0 Å². The van der Waals surface area contributed by atoms with Gasteiger partial charge in [-0.1, -0.05) is 5.16 Å². The summed E-state index contributed by atoms with van der Waals surface area (Å²) in [5.74, 6) is 2.99. The molecule has 132 valence electrons. The van der Waals surface area contributed by atoms with Crippen molar-refractivity contribution in [3.05, 3.63) is 28.7 Å². The summed E-state index contributed by atoms with van der Waals surface area (Å²) in [7, 11) is 2.19. The van der Waals surface area contributed by atoms with Crippen molar-refractivity contribution >= 4 is 0 Å². The average molecular weight is 332 g/mol. The first kappa shape index (κ1) is 17.1. The van der Waals surface area contributed by atoms with Crippen LogP contribution in [0.3, 0.4) is 0 Å². The van der Waals surface area contributed by atoms with E-state index >= 15 is 0 Å². The van der Waals surface area contributed by atoms with E-state index < -0.39 is 0 Å². The first-order valence-corrected chi connectivity index (χ1v) is 8.72. The summed E-state index contributed by atoms with van der Waals surface area (Å²) in [5, 5.41) is 12.6. The van der Waals surface area contributed by atoms with E-state index in [2.05, 4.69) is 43.7 Å². The maximum atomic E-state index is 5.28. The fraction of sp³-hybridized carbons (Fsp3) is 0.706. The molecule has 7 nitrogen and oxygen atoms in total. The van der Waals surface area contributed by atoms with Crippen LogP contribution in [0, 0.1) is 20.8 Å². The molecule has 0 spiro atoms. The predicted octanol–water partition coefficient (Wildman–Crippen LogP) is 1.92. The molecule has 0 radical (unpaired) electrons. The molecule has 0 bridgehead atoms. The summed E-state index contributed by atoms with van der Waals surface area (Å²) in [6.45, 7) is 13.0. The normalized spacial score (nSPS) is 18.8. The molecule has 1 atom stereocenters. The van der Waals surface area contributed by atoms with Gasteiger partial charge < -0.3 is 9.09 Å². The van der Waals surface area contributed by atoms with Gasteiger partial charge in [-0.25, -0.2) is 0 Å². The molecular formula is C17H28N6O. The van der Waals surface area contributed by atoms with Crippen LogP contribution >= 0.6 is 0 Å². The van der Waals surface area contributed by atoms with Gasteiger partial charge in [-0.15, -0.1) is 10.2 Å². The van der Waals surface area contributed by atoms with Gasteiger partial charge in [0.2, 0.25) is 0 Å². The van der Waals surface area contributed by atoms with Crippen molar-refractivity contribution in [3.63, 3.8) is 0 Å². The Morgan fingerprint density at radius 3 is 2.71 bits per heavy atom. The lowest BCUT2D eigenvalue weighted by molar-refractivity contribution is 0.215. The molecule has 1 aliphatic heterocycles. The number of hydrogen-bond donors (Lipinski definition) is 0. The van der Waals surface area contributed by atoms with Gasteiger partial charge in [0, 0.05) is 37.8 Å². The Morgan fingerprint density at radius 2 is 2.04 bits per heavy atom. The highest BCUT2D eigenvalue weighted by atomic mass is 16.5. The summed E-state index contributed by atoms with van der Waals surface area (Å²) >= 11 is 0.